The summed E-state index contributed by atoms with van der Waals surface area (Å²) in [7, 11) is 0. The van der Waals surface area contributed by atoms with Crippen molar-refractivity contribution in [1.29, 1.82) is 0 Å². The van der Waals surface area contributed by atoms with Gasteiger partial charge in [0, 0.05) is 12.0 Å². The minimum atomic E-state index is -0.632. The molecule has 5 rings (SSSR count). The first-order valence-corrected chi connectivity index (χ1v) is 10.4. The average Bonchev–Trinajstić information content (AvgIpc) is 3.45. The summed E-state index contributed by atoms with van der Waals surface area (Å²) in [6, 6.07) is 24.7. The standard InChI is InChI=1S/C26H21NO5/c28-24(14-12-18-11-13-22-23(15-18)32-17-31-22)27-21(16-30-26(27)29)25(19-7-3-1-4-8-19)20-9-5-2-6-10-20/h1-15,21,25H,16-17H2/b14-12+/t21-/m0/s1. The first kappa shape index (κ1) is 19.9. The molecule has 2 aliphatic heterocycles. The van der Waals surface area contributed by atoms with Gasteiger partial charge in [-0.3, -0.25) is 4.79 Å². The van der Waals surface area contributed by atoms with Gasteiger partial charge in [-0.25, -0.2) is 9.69 Å². The molecule has 2 aliphatic rings. The normalized spacial score (nSPS) is 17.2. The Balaban J connectivity index is 1.44. The van der Waals surface area contributed by atoms with Crippen molar-refractivity contribution in [2.75, 3.05) is 13.4 Å². The van der Waals surface area contributed by atoms with E-state index in [1.54, 1.807) is 18.2 Å². The SMILES string of the molecule is O=C(/C=C/c1ccc2c(c1)OCO2)N1C(=O)OC[C@H]1C(c1ccccc1)c1ccccc1. The molecule has 0 unspecified atom stereocenters. The number of imide groups is 1. The van der Waals surface area contributed by atoms with Crippen LogP contribution in [-0.2, 0) is 9.53 Å². The predicted molar refractivity (Wildman–Crippen MR) is 118 cm³/mol. The molecule has 32 heavy (non-hydrogen) atoms. The van der Waals surface area contributed by atoms with Crippen molar-refractivity contribution in [3.63, 3.8) is 0 Å². The number of ether oxygens (including phenoxy) is 3. The number of benzene rings is 3. The monoisotopic (exact) mass is 427 g/mol. The quantitative estimate of drug-likeness (QED) is 0.557. The number of cyclic esters (lactones) is 1. The van der Waals surface area contributed by atoms with Crippen molar-refractivity contribution in [2.24, 2.45) is 0 Å². The average molecular weight is 427 g/mol. The van der Waals surface area contributed by atoms with Crippen LogP contribution in [0.2, 0.25) is 0 Å². The molecular weight excluding hydrogens is 406 g/mol. The number of carbonyl (C=O) groups is 2. The summed E-state index contributed by atoms with van der Waals surface area (Å²) in [4.78, 5) is 26.9. The molecule has 6 nitrogen and oxygen atoms in total. The van der Waals surface area contributed by atoms with Crippen LogP contribution in [0.25, 0.3) is 6.08 Å². The van der Waals surface area contributed by atoms with Gasteiger partial charge < -0.3 is 14.2 Å². The maximum absolute atomic E-state index is 13.1. The van der Waals surface area contributed by atoms with E-state index < -0.39 is 18.0 Å². The maximum atomic E-state index is 13.1. The van der Waals surface area contributed by atoms with Gasteiger partial charge in [0.25, 0.3) is 5.91 Å². The van der Waals surface area contributed by atoms with E-state index in [9.17, 15) is 9.59 Å². The molecule has 6 heteroatoms. The summed E-state index contributed by atoms with van der Waals surface area (Å²) in [5, 5.41) is 0. The van der Waals surface area contributed by atoms with Crippen LogP contribution in [0.1, 0.15) is 22.6 Å². The Morgan fingerprint density at radius 2 is 1.53 bits per heavy atom. The van der Waals surface area contributed by atoms with E-state index >= 15 is 0 Å². The predicted octanol–water partition coefficient (Wildman–Crippen LogP) is 4.61. The Labute approximate surface area is 185 Å². The van der Waals surface area contributed by atoms with Crippen molar-refractivity contribution in [1.82, 2.24) is 4.90 Å². The van der Waals surface area contributed by atoms with E-state index in [1.165, 1.54) is 11.0 Å². The summed E-state index contributed by atoms with van der Waals surface area (Å²) in [6.07, 6.45) is 2.42. The van der Waals surface area contributed by atoms with Crippen LogP contribution in [0, 0.1) is 0 Å². The summed E-state index contributed by atoms with van der Waals surface area (Å²) in [5.41, 5.74) is 2.80. The zero-order valence-electron chi connectivity index (χ0n) is 17.2. The van der Waals surface area contributed by atoms with E-state index in [1.807, 2.05) is 66.7 Å². The van der Waals surface area contributed by atoms with Crippen LogP contribution in [0.4, 0.5) is 4.79 Å². The second kappa shape index (κ2) is 8.59. The lowest BCUT2D eigenvalue weighted by molar-refractivity contribution is -0.124. The van der Waals surface area contributed by atoms with E-state index in [2.05, 4.69) is 0 Å². The topological polar surface area (TPSA) is 65.1 Å². The number of hydrogen-bond donors (Lipinski definition) is 0. The Morgan fingerprint density at radius 3 is 2.22 bits per heavy atom. The largest absolute Gasteiger partial charge is 0.454 e. The lowest BCUT2D eigenvalue weighted by atomic mass is 9.85. The molecule has 1 fully saturated rings. The molecule has 0 N–H and O–H groups in total. The zero-order valence-corrected chi connectivity index (χ0v) is 17.2. The number of hydrogen-bond acceptors (Lipinski definition) is 5. The van der Waals surface area contributed by atoms with Crippen molar-refractivity contribution < 1.29 is 23.8 Å². The van der Waals surface area contributed by atoms with Gasteiger partial charge in [-0.2, -0.15) is 0 Å². The fourth-order valence-electron chi connectivity index (χ4n) is 4.16. The molecule has 0 aromatic heterocycles. The highest BCUT2D eigenvalue weighted by atomic mass is 16.7. The molecule has 1 saturated heterocycles. The number of fused-ring (bicyclic) bond motifs is 1. The van der Waals surface area contributed by atoms with Crippen molar-refractivity contribution in [2.45, 2.75) is 12.0 Å². The molecule has 0 spiro atoms. The molecule has 160 valence electrons. The molecule has 2 heterocycles. The van der Waals surface area contributed by atoms with E-state index in [-0.39, 0.29) is 19.3 Å². The molecule has 0 aliphatic carbocycles. The van der Waals surface area contributed by atoms with Gasteiger partial charge in [-0.05, 0) is 34.9 Å². The Hall–Kier alpha value is -4.06. The van der Waals surface area contributed by atoms with Crippen LogP contribution in [0.15, 0.2) is 84.9 Å². The van der Waals surface area contributed by atoms with Gasteiger partial charge in [0.2, 0.25) is 6.79 Å². The summed E-state index contributed by atoms with van der Waals surface area (Å²) >= 11 is 0. The second-order valence-corrected chi connectivity index (χ2v) is 7.60. The number of rotatable bonds is 5. The molecule has 0 radical (unpaired) electrons. The highest BCUT2D eigenvalue weighted by molar-refractivity contribution is 6.02. The Kier molecular flexibility index (Phi) is 5.34. The van der Waals surface area contributed by atoms with Gasteiger partial charge in [0.15, 0.2) is 11.5 Å². The highest BCUT2D eigenvalue weighted by Gasteiger charge is 2.42. The van der Waals surface area contributed by atoms with Crippen LogP contribution in [0.3, 0.4) is 0 Å². The number of amides is 2. The van der Waals surface area contributed by atoms with Crippen LogP contribution in [-0.4, -0.2) is 36.3 Å². The molecule has 1 atom stereocenters. The first-order valence-electron chi connectivity index (χ1n) is 10.4. The van der Waals surface area contributed by atoms with E-state index in [0.29, 0.717) is 11.5 Å². The van der Waals surface area contributed by atoms with Crippen LogP contribution in [0.5, 0.6) is 11.5 Å². The van der Waals surface area contributed by atoms with Gasteiger partial charge >= 0.3 is 6.09 Å². The summed E-state index contributed by atoms with van der Waals surface area (Å²) in [5.74, 6) is 0.676. The van der Waals surface area contributed by atoms with Gasteiger partial charge in [-0.1, -0.05) is 66.7 Å². The lowest BCUT2D eigenvalue weighted by Crippen LogP contribution is -2.41. The molecule has 0 saturated carbocycles. The fourth-order valence-corrected chi connectivity index (χ4v) is 4.16. The first-order chi connectivity index (χ1) is 15.7. The molecule has 2 amide bonds. The lowest BCUT2D eigenvalue weighted by Gasteiger charge is -2.28. The summed E-state index contributed by atoms with van der Waals surface area (Å²) < 4.78 is 16.0. The number of nitrogens with zero attached hydrogens (tertiary/aromatic N) is 1. The zero-order chi connectivity index (χ0) is 21.9. The van der Waals surface area contributed by atoms with E-state index in [0.717, 1.165) is 16.7 Å². The smallest absolute Gasteiger partial charge is 0.417 e. The minimum Gasteiger partial charge on any atom is -0.454 e. The second-order valence-electron chi connectivity index (χ2n) is 7.60. The molecule has 0 bridgehead atoms. The molecule has 3 aromatic carbocycles. The third kappa shape index (κ3) is 3.83. The van der Waals surface area contributed by atoms with Gasteiger partial charge in [-0.15, -0.1) is 0 Å². The van der Waals surface area contributed by atoms with Crippen LogP contribution >= 0.6 is 0 Å². The highest BCUT2D eigenvalue weighted by Crippen LogP contribution is 2.35. The maximum Gasteiger partial charge on any atom is 0.417 e. The fraction of sp³-hybridized carbons (Fsp3) is 0.154. The third-order valence-corrected chi connectivity index (χ3v) is 5.66. The van der Waals surface area contributed by atoms with Crippen molar-refractivity contribution in [3.05, 3.63) is 102 Å². The van der Waals surface area contributed by atoms with E-state index in [4.69, 9.17) is 14.2 Å². The van der Waals surface area contributed by atoms with Gasteiger partial charge in [0.1, 0.15) is 6.61 Å². The number of carbonyl (C=O) groups excluding carboxylic acids is 2. The molecule has 3 aromatic rings. The molecular formula is C26H21NO5. The van der Waals surface area contributed by atoms with Crippen molar-refractivity contribution >= 4 is 18.1 Å². The third-order valence-electron chi connectivity index (χ3n) is 5.66. The summed E-state index contributed by atoms with van der Waals surface area (Å²) in [6.45, 7) is 0.319. The Bertz CT molecular complexity index is 1120. The van der Waals surface area contributed by atoms with Crippen molar-refractivity contribution in [3.8, 4) is 11.5 Å². The Morgan fingerprint density at radius 1 is 0.875 bits per heavy atom. The van der Waals surface area contributed by atoms with Crippen LogP contribution < -0.4 is 9.47 Å². The van der Waals surface area contributed by atoms with Gasteiger partial charge in [0.05, 0.1) is 6.04 Å². The minimum absolute atomic E-state index is 0.136.